The zero-order valence-electron chi connectivity index (χ0n) is 9.72. The number of carboxylic acids is 1. The van der Waals surface area contributed by atoms with Crippen molar-refractivity contribution in [2.75, 3.05) is 0 Å². The fourth-order valence-electron chi connectivity index (χ4n) is 0.768. The van der Waals surface area contributed by atoms with E-state index in [1.807, 2.05) is 5.32 Å². The molecule has 0 bridgehead atoms. The number of amides is 4. The monoisotopic (exact) mass is 274 g/mol. The van der Waals surface area contributed by atoms with E-state index in [2.05, 4.69) is 0 Å². The molecule has 0 aliphatic heterocycles. The SMILES string of the molecule is CC(=O)NC(=O)CC(=O)NC(=O)CC(=O)O.O=C=O. The molecule has 3 N–H and O–H groups in total. The third kappa shape index (κ3) is 15.1. The predicted octanol–water partition coefficient (Wildman–Crippen LogP) is -2.43. The smallest absolute Gasteiger partial charge is 0.373 e. The Morgan fingerprint density at radius 2 is 1.26 bits per heavy atom. The molecule has 0 saturated carbocycles. The lowest BCUT2D eigenvalue weighted by molar-refractivity contribution is -0.191. The third-order valence-corrected chi connectivity index (χ3v) is 1.23. The molecule has 4 amide bonds. The number of carbonyl (C=O) groups is 5. The molecule has 0 atom stereocenters. The normalized spacial score (nSPS) is 8.05. The summed E-state index contributed by atoms with van der Waals surface area (Å²) in [5.41, 5.74) is 0. The van der Waals surface area contributed by atoms with Crippen molar-refractivity contribution < 1.29 is 38.7 Å². The number of carbonyl (C=O) groups excluding carboxylic acids is 6. The standard InChI is InChI=1S/C8H10N2O6.CO2/c1-4(11)9-5(12)2-6(13)10-7(14)3-8(15)16;2-1-3/h2-3H2,1H3,(H,15,16)(H,9,11,12)(H,10,13,14);. The van der Waals surface area contributed by atoms with Crippen LogP contribution in [0.3, 0.4) is 0 Å². The van der Waals surface area contributed by atoms with Crippen molar-refractivity contribution in [3.8, 4) is 0 Å². The van der Waals surface area contributed by atoms with Crippen LogP contribution in [0.25, 0.3) is 0 Å². The summed E-state index contributed by atoms with van der Waals surface area (Å²) < 4.78 is 0. The van der Waals surface area contributed by atoms with Crippen LogP contribution in [0.1, 0.15) is 19.8 Å². The van der Waals surface area contributed by atoms with Crippen LogP contribution in [0.15, 0.2) is 0 Å². The van der Waals surface area contributed by atoms with Gasteiger partial charge in [-0.25, -0.2) is 0 Å². The van der Waals surface area contributed by atoms with Crippen LogP contribution >= 0.6 is 0 Å². The predicted molar refractivity (Wildman–Crippen MR) is 53.9 cm³/mol. The number of aliphatic carboxylic acids is 1. The van der Waals surface area contributed by atoms with Gasteiger partial charge in [0.2, 0.25) is 23.6 Å². The Kier molecular flexibility index (Phi) is 10.0. The number of imide groups is 2. The van der Waals surface area contributed by atoms with E-state index >= 15 is 0 Å². The highest BCUT2D eigenvalue weighted by molar-refractivity contribution is 6.09. The zero-order chi connectivity index (χ0) is 15.4. The molecular formula is C9H10N2O8. The van der Waals surface area contributed by atoms with Crippen molar-refractivity contribution in [1.82, 2.24) is 10.6 Å². The Bertz CT molecular complexity index is 390. The number of hydrogen-bond donors (Lipinski definition) is 3. The Balaban J connectivity index is 0. The van der Waals surface area contributed by atoms with Gasteiger partial charge in [0.25, 0.3) is 0 Å². The summed E-state index contributed by atoms with van der Waals surface area (Å²) in [7, 11) is 0. The molecule has 104 valence electrons. The average Bonchev–Trinajstić information content (AvgIpc) is 2.13. The molecule has 10 heteroatoms. The molecule has 10 nitrogen and oxygen atoms in total. The van der Waals surface area contributed by atoms with Crippen LogP contribution in [0.5, 0.6) is 0 Å². The van der Waals surface area contributed by atoms with E-state index in [0.29, 0.717) is 0 Å². The van der Waals surface area contributed by atoms with Gasteiger partial charge in [-0.05, 0) is 0 Å². The van der Waals surface area contributed by atoms with Gasteiger partial charge >= 0.3 is 12.1 Å². The van der Waals surface area contributed by atoms with Crippen molar-refractivity contribution in [2.45, 2.75) is 19.8 Å². The summed E-state index contributed by atoms with van der Waals surface area (Å²) in [6, 6.07) is 0. The number of rotatable bonds is 4. The van der Waals surface area contributed by atoms with E-state index < -0.39 is 42.4 Å². The van der Waals surface area contributed by atoms with Gasteiger partial charge in [0.05, 0.1) is 0 Å². The molecular weight excluding hydrogens is 264 g/mol. The second kappa shape index (κ2) is 10.3. The first-order chi connectivity index (χ1) is 8.72. The molecule has 0 saturated heterocycles. The maximum Gasteiger partial charge on any atom is 0.373 e. The zero-order valence-corrected chi connectivity index (χ0v) is 9.72. The number of carboxylic acid groups (broad SMARTS) is 1. The summed E-state index contributed by atoms with van der Waals surface area (Å²) in [6.07, 6.45) is -1.33. The van der Waals surface area contributed by atoms with Gasteiger partial charge in [-0.1, -0.05) is 0 Å². The Morgan fingerprint density at radius 1 is 0.895 bits per heavy atom. The Labute approximate surface area is 106 Å². The summed E-state index contributed by atoms with van der Waals surface area (Å²) >= 11 is 0. The average molecular weight is 274 g/mol. The molecule has 0 aromatic rings. The van der Waals surface area contributed by atoms with E-state index in [-0.39, 0.29) is 6.15 Å². The maximum absolute atomic E-state index is 10.9. The van der Waals surface area contributed by atoms with E-state index in [1.165, 1.54) is 0 Å². The van der Waals surface area contributed by atoms with Crippen molar-refractivity contribution in [1.29, 1.82) is 0 Å². The summed E-state index contributed by atoms with van der Waals surface area (Å²) in [6.45, 7) is 1.09. The molecule has 0 rings (SSSR count). The molecule has 0 aromatic heterocycles. The molecule has 19 heavy (non-hydrogen) atoms. The van der Waals surface area contributed by atoms with Crippen molar-refractivity contribution in [2.24, 2.45) is 0 Å². The van der Waals surface area contributed by atoms with Crippen LogP contribution < -0.4 is 10.6 Å². The first-order valence-electron chi connectivity index (χ1n) is 4.57. The summed E-state index contributed by atoms with van der Waals surface area (Å²) in [5.74, 6) is -4.88. The van der Waals surface area contributed by atoms with Crippen molar-refractivity contribution in [3.05, 3.63) is 0 Å². The molecule has 0 fully saturated rings. The second-order valence-electron chi connectivity index (χ2n) is 2.91. The molecule has 0 unspecified atom stereocenters. The highest BCUT2D eigenvalue weighted by Crippen LogP contribution is 1.84. The fraction of sp³-hybridized carbons (Fsp3) is 0.333. The lowest BCUT2D eigenvalue weighted by Gasteiger charge is -2.02. The minimum atomic E-state index is -1.39. The summed E-state index contributed by atoms with van der Waals surface area (Å²) in [5, 5.41) is 11.7. The number of nitrogens with one attached hydrogen (secondary N) is 2. The van der Waals surface area contributed by atoms with Gasteiger partial charge in [0.15, 0.2) is 0 Å². The third-order valence-electron chi connectivity index (χ3n) is 1.23. The minimum Gasteiger partial charge on any atom is -0.481 e. The first kappa shape index (κ1) is 18.5. The van der Waals surface area contributed by atoms with Gasteiger partial charge in [0, 0.05) is 6.92 Å². The molecule has 0 spiro atoms. The van der Waals surface area contributed by atoms with Gasteiger partial charge in [-0.15, -0.1) is 0 Å². The van der Waals surface area contributed by atoms with Crippen molar-refractivity contribution in [3.63, 3.8) is 0 Å². The van der Waals surface area contributed by atoms with Gasteiger partial charge in [-0.3, -0.25) is 34.6 Å². The van der Waals surface area contributed by atoms with Gasteiger partial charge < -0.3 is 5.11 Å². The number of hydrogen-bond acceptors (Lipinski definition) is 7. The van der Waals surface area contributed by atoms with E-state index in [4.69, 9.17) is 14.7 Å². The van der Waals surface area contributed by atoms with Crippen LogP contribution in [0, 0.1) is 0 Å². The largest absolute Gasteiger partial charge is 0.481 e. The minimum absolute atomic E-state index is 0.250. The molecule has 0 heterocycles. The highest BCUT2D eigenvalue weighted by Gasteiger charge is 2.15. The van der Waals surface area contributed by atoms with Crippen LogP contribution in [-0.4, -0.2) is 40.9 Å². The Hall–Kier alpha value is -2.87. The molecule has 0 radical (unpaired) electrons. The Morgan fingerprint density at radius 3 is 1.63 bits per heavy atom. The van der Waals surface area contributed by atoms with E-state index in [1.54, 1.807) is 5.32 Å². The lowest BCUT2D eigenvalue weighted by atomic mass is 10.3. The fourth-order valence-corrected chi connectivity index (χ4v) is 0.768. The van der Waals surface area contributed by atoms with Crippen LogP contribution in [0.2, 0.25) is 0 Å². The highest BCUT2D eigenvalue weighted by atomic mass is 16.4. The summed E-state index contributed by atoms with van der Waals surface area (Å²) in [4.78, 5) is 69.2. The van der Waals surface area contributed by atoms with Crippen LogP contribution in [-0.2, 0) is 33.6 Å². The molecule has 0 aliphatic carbocycles. The molecule has 0 aliphatic rings. The lowest BCUT2D eigenvalue weighted by Crippen LogP contribution is -2.37. The first-order valence-corrected chi connectivity index (χ1v) is 4.57. The van der Waals surface area contributed by atoms with E-state index in [9.17, 15) is 24.0 Å². The quantitative estimate of drug-likeness (QED) is 0.476. The second-order valence-corrected chi connectivity index (χ2v) is 2.91. The molecule has 0 aromatic carbocycles. The topological polar surface area (TPSA) is 164 Å². The maximum atomic E-state index is 10.9. The van der Waals surface area contributed by atoms with Crippen molar-refractivity contribution >= 4 is 35.7 Å². The van der Waals surface area contributed by atoms with Crippen LogP contribution in [0.4, 0.5) is 0 Å². The van der Waals surface area contributed by atoms with Gasteiger partial charge in [-0.2, -0.15) is 9.59 Å². The van der Waals surface area contributed by atoms with Gasteiger partial charge in [0.1, 0.15) is 12.8 Å². The van der Waals surface area contributed by atoms with E-state index in [0.717, 1.165) is 6.92 Å².